The molecule has 0 unspecified atom stereocenters. The summed E-state index contributed by atoms with van der Waals surface area (Å²) in [7, 11) is 0. The topological polar surface area (TPSA) is 101 Å². The summed E-state index contributed by atoms with van der Waals surface area (Å²) < 4.78 is 15.2. The first kappa shape index (κ1) is 43.5. The Morgan fingerprint density at radius 1 is 0.559 bits per heavy atom. The minimum Gasteiger partial charge on any atom is -0.503 e. The number of fused-ring (bicyclic) bond motifs is 3. The maximum Gasteiger partial charge on any atom is 2.00 e. The number of benzene rings is 4. The van der Waals surface area contributed by atoms with Gasteiger partial charge in [0.15, 0.2) is 5.82 Å². The molecule has 11 heteroatoms. The van der Waals surface area contributed by atoms with Crippen LogP contribution in [0.2, 0.25) is 0 Å². The van der Waals surface area contributed by atoms with E-state index in [1.807, 2.05) is 98.4 Å². The minimum absolute atomic E-state index is 0. The third-order valence-electron chi connectivity index (χ3n) is 9.80. The predicted octanol–water partition coefficient (Wildman–Crippen LogP) is 11.4. The zero-order valence-corrected chi connectivity index (χ0v) is 38.9. The van der Waals surface area contributed by atoms with Crippen molar-refractivity contribution >= 4 is 21.8 Å². The van der Waals surface area contributed by atoms with E-state index in [1.165, 1.54) is 0 Å². The van der Waals surface area contributed by atoms with Gasteiger partial charge >= 0.3 is 42.1 Å². The summed E-state index contributed by atoms with van der Waals surface area (Å²) >= 11 is 0. The molecule has 0 aliphatic carbocycles. The van der Waals surface area contributed by atoms with Gasteiger partial charge in [0.2, 0.25) is 0 Å². The Morgan fingerprint density at radius 2 is 1.00 bits per heavy atom. The Kier molecular flexibility index (Phi) is 13.0. The fourth-order valence-corrected chi connectivity index (χ4v) is 6.69. The summed E-state index contributed by atoms with van der Waals surface area (Å²) in [4.78, 5) is 9.18. The molecule has 0 aliphatic rings. The second-order valence-corrected chi connectivity index (χ2v) is 16.0. The smallest absolute Gasteiger partial charge is 0.503 e. The molecule has 9 nitrogen and oxygen atoms in total. The van der Waals surface area contributed by atoms with E-state index in [9.17, 15) is 0 Å². The number of nitrogens with zero attached hydrogens (tertiary/aromatic N) is 7. The minimum atomic E-state index is -0.333. The number of rotatable bonds is 9. The average molecular weight is 1140 g/mol. The van der Waals surface area contributed by atoms with E-state index in [0.717, 1.165) is 55.5 Å². The van der Waals surface area contributed by atoms with Crippen LogP contribution in [0.25, 0.3) is 50.3 Å². The summed E-state index contributed by atoms with van der Waals surface area (Å²) in [5, 5.41) is 20.0. The van der Waals surface area contributed by atoms with Gasteiger partial charge in [0.05, 0.1) is 0 Å². The zero-order valence-electron chi connectivity index (χ0n) is 34.3. The van der Waals surface area contributed by atoms with Crippen LogP contribution in [0.1, 0.15) is 88.4 Å². The second-order valence-electron chi connectivity index (χ2n) is 16.0. The fraction of sp³-hybridized carbons (Fsp3) is 0.250. The zero-order chi connectivity index (χ0) is 40.0. The molecule has 59 heavy (non-hydrogen) atoms. The molecule has 4 heterocycles. The molecule has 0 aliphatic heterocycles. The van der Waals surface area contributed by atoms with Gasteiger partial charge in [-0.25, -0.2) is 0 Å². The van der Waals surface area contributed by atoms with Gasteiger partial charge in [-0.05, 0) is 37.4 Å². The molecule has 0 saturated carbocycles. The van der Waals surface area contributed by atoms with Gasteiger partial charge in [0.25, 0.3) is 5.95 Å². The molecule has 0 amide bonds. The molecule has 0 saturated heterocycles. The van der Waals surface area contributed by atoms with Gasteiger partial charge in [-0.1, -0.05) is 118 Å². The third kappa shape index (κ3) is 9.07. The Bertz CT molecular complexity index is 2620. The average Bonchev–Trinajstić information content (AvgIpc) is 3.50. The van der Waals surface area contributed by atoms with Crippen LogP contribution in [0.4, 0.5) is 0 Å². The van der Waals surface area contributed by atoms with Crippen LogP contribution in [0.5, 0.6) is 23.0 Å². The van der Waals surface area contributed by atoms with E-state index in [2.05, 4.69) is 108 Å². The number of pyridine rings is 2. The van der Waals surface area contributed by atoms with Crippen molar-refractivity contribution in [2.75, 3.05) is 0 Å². The number of aryl methyl sites for hydroxylation is 2. The standard InChI is InChI=1S/C48H43N7O2.2Pt/c1-28(2)36-14-10-32(40-22-30(5)18-20-49-40)24-44(36)56-34-12-16-38-39-17-13-35(27-43(39)55(42(38)26-34)47-53-51-46(52-54-47)48(7,8)9)57-45-25-33(11-15-37(45)29(3)4)41-23-31(6)19-21-50-41;;/h10-23,28-29H,1-9H3;;/q-4;2*+2. The van der Waals surface area contributed by atoms with Gasteiger partial charge in [-0.2, -0.15) is 22.9 Å². The molecule has 8 aromatic rings. The van der Waals surface area contributed by atoms with Gasteiger partial charge in [0, 0.05) is 40.8 Å². The van der Waals surface area contributed by atoms with Crippen molar-refractivity contribution in [2.45, 2.75) is 79.6 Å². The molecule has 0 spiro atoms. The number of ether oxygens (including phenoxy) is 2. The van der Waals surface area contributed by atoms with Crippen molar-refractivity contribution in [2.24, 2.45) is 0 Å². The Labute approximate surface area is 374 Å². The van der Waals surface area contributed by atoms with Gasteiger partial charge in [0.1, 0.15) is 0 Å². The molecule has 302 valence electrons. The van der Waals surface area contributed by atoms with Gasteiger partial charge in [-0.15, -0.1) is 80.1 Å². The molecule has 4 aromatic heterocycles. The summed E-state index contributed by atoms with van der Waals surface area (Å²) in [6.07, 6.45) is 3.62. The van der Waals surface area contributed by atoms with Crippen molar-refractivity contribution in [3.8, 4) is 51.5 Å². The summed E-state index contributed by atoms with van der Waals surface area (Å²) in [6.45, 7) is 18.7. The SMILES string of the molecule is Cc1ccnc(-c2[c-]c(Oc3[c-]c4c(cc3)c3ccc(Oc5[c-]c(-c6cc(C)ccn6)ccc5C(C)C)[c-]c3n4-c3nnc(C(C)(C)C)nn3)c(C(C)C)cc2)c1.[Pt+2].[Pt+2]. The Balaban J connectivity index is 0.00000293. The molecule has 0 atom stereocenters. The van der Waals surface area contributed by atoms with E-state index in [-0.39, 0.29) is 65.3 Å². The van der Waals surface area contributed by atoms with E-state index in [4.69, 9.17) is 9.47 Å². The van der Waals surface area contributed by atoms with Crippen LogP contribution in [-0.2, 0) is 47.5 Å². The van der Waals surface area contributed by atoms with Crippen LogP contribution in [0.3, 0.4) is 0 Å². The van der Waals surface area contributed by atoms with Crippen molar-refractivity contribution < 1.29 is 51.6 Å². The van der Waals surface area contributed by atoms with Crippen LogP contribution < -0.4 is 9.47 Å². The van der Waals surface area contributed by atoms with E-state index >= 15 is 0 Å². The molecule has 8 rings (SSSR count). The second kappa shape index (κ2) is 17.6. The van der Waals surface area contributed by atoms with Crippen LogP contribution in [0.15, 0.2) is 85.2 Å². The van der Waals surface area contributed by atoms with Crippen molar-refractivity contribution in [3.05, 3.63) is 138 Å². The summed E-state index contributed by atoms with van der Waals surface area (Å²) in [5.41, 5.74) is 8.64. The van der Waals surface area contributed by atoms with Crippen LogP contribution in [0, 0.1) is 38.1 Å². The molecule has 0 fully saturated rings. The largest absolute Gasteiger partial charge is 2.00 e. The Hall–Kier alpha value is -5.10. The molecule has 0 N–H and O–H groups in total. The molecular formula is C48H43N7O2Pt2. The summed E-state index contributed by atoms with van der Waals surface area (Å²) in [6, 6.07) is 38.2. The van der Waals surface area contributed by atoms with Crippen LogP contribution in [-0.4, -0.2) is 34.9 Å². The number of hydrogen-bond donors (Lipinski definition) is 0. The normalized spacial score (nSPS) is 11.5. The van der Waals surface area contributed by atoms with Crippen molar-refractivity contribution in [3.63, 3.8) is 0 Å². The first-order valence-electron chi connectivity index (χ1n) is 19.2. The molecular weight excluding hydrogens is 1100 g/mol. The molecule has 4 aromatic carbocycles. The van der Waals surface area contributed by atoms with E-state index < -0.39 is 0 Å². The first-order chi connectivity index (χ1) is 27.3. The molecule has 0 radical (unpaired) electrons. The van der Waals surface area contributed by atoms with Gasteiger partial charge < -0.3 is 24.0 Å². The maximum atomic E-state index is 6.65. The van der Waals surface area contributed by atoms with Gasteiger partial charge in [-0.3, -0.25) is 0 Å². The number of hydrogen-bond acceptors (Lipinski definition) is 8. The summed E-state index contributed by atoms with van der Waals surface area (Å²) in [5.74, 6) is 3.41. The van der Waals surface area contributed by atoms with Crippen LogP contribution >= 0.6 is 0 Å². The quantitative estimate of drug-likeness (QED) is 0.132. The fourth-order valence-electron chi connectivity index (χ4n) is 6.69. The third-order valence-corrected chi connectivity index (χ3v) is 9.80. The molecule has 0 bridgehead atoms. The maximum absolute atomic E-state index is 6.65. The van der Waals surface area contributed by atoms with Crippen molar-refractivity contribution in [1.29, 1.82) is 0 Å². The number of aromatic nitrogens is 7. The predicted molar refractivity (Wildman–Crippen MR) is 223 cm³/mol. The monoisotopic (exact) mass is 1140 g/mol. The van der Waals surface area contributed by atoms with E-state index in [1.54, 1.807) is 0 Å². The van der Waals surface area contributed by atoms with Crippen molar-refractivity contribution in [1.82, 2.24) is 34.9 Å². The Morgan fingerprint density at radius 3 is 1.39 bits per heavy atom. The van der Waals surface area contributed by atoms with E-state index in [0.29, 0.717) is 39.9 Å². The first-order valence-corrected chi connectivity index (χ1v) is 19.2.